The van der Waals surface area contributed by atoms with Gasteiger partial charge in [0.1, 0.15) is 4.21 Å². The summed E-state index contributed by atoms with van der Waals surface area (Å²) in [5.41, 5.74) is 0. The zero-order valence-corrected chi connectivity index (χ0v) is 12.2. The molecule has 1 aliphatic rings. The van der Waals surface area contributed by atoms with Gasteiger partial charge in [-0.2, -0.15) is 0 Å². The van der Waals surface area contributed by atoms with Crippen LogP contribution < -0.4 is 4.72 Å². The summed E-state index contributed by atoms with van der Waals surface area (Å²) in [6.45, 7) is 0.384. The minimum atomic E-state index is -3.45. The maximum atomic E-state index is 11.9. The zero-order valence-electron chi connectivity index (χ0n) is 9.80. The van der Waals surface area contributed by atoms with Crippen LogP contribution in [0.1, 0.15) is 25.7 Å². The topological polar surface area (TPSA) is 66.4 Å². The van der Waals surface area contributed by atoms with Crippen LogP contribution in [0.25, 0.3) is 0 Å². The fourth-order valence-corrected chi connectivity index (χ4v) is 4.83. The fraction of sp³-hybridized carbons (Fsp3) is 0.636. The summed E-state index contributed by atoms with van der Waals surface area (Å²) in [7, 11) is -3.45. The van der Waals surface area contributed by atoms with E-state index in [1.807, 2.05) is 0 Å². The molecule has 0 aromatic carbocycles. The number of thiophene rings is 1. The van der Waals surface area contributed by atoms with Crippen LogP contribution in [-0.4, -0.2) is 26.2 Å². The molecule has 2 unspecified atom stereocenters. The van der Waals surface area contributed by atoms with Gasteiger partial charge in [0.2, 0.25) is 10.0 Å². The number of nitrogens with one attached hydrogen (secondary N) is 1. The van der Waals surface area contributed by atoms with Crippen molar-refractivity contribution in [3.63, 3.8) is 0 Å². The number of aliphatic hydroxyl groups excluding tert-OH is 1. The van der Waals surface area contributed by atoms with E-state index in [9.17, 15) is 13.5 Å². The number of sulfonamides is 1. The highest BCUT2D eigenvalue weighted by Crippen LogP contribution is 2.27. The minimum Gasteiger partial charge on any atom is -0.393 e. The molecule has 2 N–H and O–H groups in total. The monoisotopic (exact) mass is 309 g/mol. The molecule has 0 aliphatic heterocycles. The molecule has 2 rings (SSSR count). The lowest BCUT2D eigenvalue weighted by atomic mass is 9.87. The Bertz CT molecular complexity index is 500. The van der Waals surface area contributed by atoms with E-state index in [-0.39, 0.29) is 16.2 Å². The van der Waals surface area contributed by atoms with Crippen LogP contribution in [-0.2, 0) is 10.0 Å². The predicted octanol–water partition coefficient (Wildman–Crippen LogP) is 2.23. The Hall–Kier alpha value is -0.140. The number of hydrogen-bond donors (Lipinski definition) is 2. The van der Waals surface area contributed by atoms with Gasteiger partial charge in [-0.1, -0.05) is 18.0 Å². The summed E-state index contributed by atoms with van der Waals surface area (Å²) >= 11 is 6.78. The standard InChI is InChI=1S/C11H16ClNO3S2/c12-10-4-5-11(17-10)18(15,16)13-7-8-2-1-3-9(14)6-8/h4-5,8-9,13-14H,1-3,6-7H2. The van der Waals surface area contributed by atoms with E-state index in [1.165, 1.54) is 6.07 Å². The summed E-state index contributed by atoms with van der Waals surface area (Å²) in [4.78, 5) is 0. The van der Waals surface area contributed by atoms with Gasteiger partial charge in [0.25, 0.3) is 0 Å². The molecule has 0 radical (unpaired) electrons. The average Bonchev–Trinajstić information content (AvgIpc) is 2.74. The van der Waals surface area contributed by atoms with Gasteiger partial charge >= 0.3 is 0 Å². The molecule has 102 valence electrons. The molecule has 0 amide bonds. The first kappa shape index (κ1) is 14.3. The van der Waals surface area contributed by atoms with E-state index in [4.69, 9.17) is 11.6 Å². The summed E-state index contributed by atoms with van der Waals surface area (Å²) in [5, 5.41) is 9.54. The van der Waals surface area contributed by atoms with E-state index in [0.717, 1.165) is 30.6 Å². The molecular formula is C11H16ClNO3S2. The zero-order chi connectivity index (χ0) is 13.2. The van der Waals surface area contributed by atoms with Crippen molar-refractivity contribution in [2.24, 2.45) is 5.92 Å². The lowest BCUT2D eigenvalue weighted by Gasteiger charge is -2.25. The summed E-state index contributed by atoms with van der Waals surface area (Å²) < 4.78 is 27.2. The smallest absolute Gasteiger partial charge is 0.250 e. The molecule has 1 aromatic heterocycles. The van der Waals surface area contributed by atoms with Crippen molar-refractivity contribution in [1.29, 1.82) is 0 Å². The third-order valence-electron chi connectivity index (χ3n) is 3.13. The van der Waals surface area contributed by atoms with Gasteiger partial charge in [-0.15, -0.1) is 11.3 Å². The third-order valence-corrected chi connectivity index (χ3v) is 6.28. The number of aliphatic hydroxyl groups is 1. The first-order valence-electron chi connectivity index (χ1n) is 5.90. The lowest BCUT2D eigenvalue weighted by molar-refractivity contribution is 0.102. The largest absolute Gasteiger partial charge is 0.393 e. The van der Waals surface area contributed by atoms with E-state index >= 15 is 0 Å². The van der Waals surface area contributed by atoms with Gasteiger partial charge in [0.05, 0.1) is 10.4 Å². The summed E-state index contributed by atoms with van der Waals surface area (Å²) in [6, 6.07) is 3.08. The molecule has 0 spiro atoms. The Balaban J connectivity index is 1.93. The first-order chi connectivity index (χ1) is 8.47. The molecular weight excluding hydrogens is 294 g/mol. The molecule has 1 aromatic rings. The number of halogens is 1. The second kappa shape index (κ2) is 5.88. The van der Waals surface area contributed by atoms with Crippen LogP contribution in [0, 0.1) is 5.92 Å². The van der Waals surface area contributed by atoms with Gasteiger partial charge in [0.15, 0.2) is 0 Å². The molecule has 4 nitrogen and oxygen atoms in total. The van der Waals surface area contributed by atoms with Crippen LogP contribution in [0.3, 0.4) is 0 Å². The van der Waals surface area contributed by atoms with E-state index < -0.39 is 10.0 Å². The highest BCUT2D eigenvalue weighted by molar-refractivity contribution is 7.91. The average molecular weight is 310 g/mol. The van der Waals surface area contributed by atoms with Crippen molar-refractivity contribution in [2.75, 3.05) is 6.54 Å². The predicted molar refractivity (Wildman–Crippen MR) is 72.5 cm³/mol. The molecule has 2 atom stereocenters. The van der Waals surface area contributed by atoms with Gasteiger partial charge in [-0.05, 0) is 37.3 Å². The summed E-state index contributed by atoms with van der Waals surface area (Å²) in [6.07, 6.45) is 3.13. The van der Waals surface area contributed by atoms with Gasteiger partial charge in [0, 0.05) is 6.54 Å². The van der Waals surface area contributed by atoms with Crippen LogP contribution in [0.4, 0.5) is 0 Å². The normalized spacial score (nSPS) is 25.2. The first-order valence-corrected chi connectivity index (χ1v) is 8.58. The number of hydrogen-bond acceptors (Lipinski definition) is 4. The Kier molecular flexibility index (Phi) is 4.66. The minimum absolute atomic E-state index is 0.221. The van der Waals surface area contributed by atoms with Gasteiger partial charge in [-0.3, -0.25) is 0 Å². The van der Waals surface area contributed by atoms with Crippen molar-refractivity contribution in [3.05, 3.63) is 16.5 Å². The van der Waals surface area contributed by atoms with Crippen LogP contribution >= 0.6 is 22.9 Å². The second-order valence-electron chi connectivity index (χ2n) is 4.60. The lowest BCUT2D eigenvalue weighted by Crippen LogP contribution is -2.32. The Morgan fingerprint density at radius 1 is 1.44 bits per heavy atom. The van der Waals surface area contributed by atoms with Gasteiger partial charge < -0.3 is 5.11 Å². The highest BCUT2D eigenvalue weighted by atomic mass is 35.5. The molecule has 1 fully saturated rings. The van der Waals surface area contributed by atoms with Crippen molar-refractivity contribution in [3.8, 4) is 0 Å². The van der Waals surface area contributed by atoms with E-state index in [0.29, 0.717) is 17.3 Å². The SMILES string of the molecule is O=S(=O)(NCC1CCCC(O)C1)c1ccc(Cl)s1. The molecule has 1 heterocycles. The van der Waals surface area contributed by atoms with Crippen molar-refractivity contribution in [1.82, 2.24) is 4.72 Å². The second-order valence-corrected chi connectivity index (χ2v) is 8.31. The third kappa shape index (κ3) is 3.68. The quantitative estimate of drug-likeness (QED) is 0.896. The molecule has 0 bridgehead atoms. The molecule has 7 heteroatoms. The van der Waals surface area contributed by atoms with Crippen molar-refractivity contribution in [2.45, 2.75) is 36.0 Å². The van der Waals surface area contributed by atoms with Crippen LogP contribution in [0.2, 0.25) is 4.34 Å². The highest BCUT2D eigenvalue weighted by Gasteiger charge is 2.23. The van der Waals surface area contributed by atoms with Crippen molar-refractivity contribution >= 4 is 33.0 Å². The van der Waals surface area contributed by atoms with Crippen LogP contribution in [0.5, 0.6) is 0 Å². The molecule has 1 saturated carbocycles. The Morgan fingerprint density at radius 2 is 2.22 bits per heavy atom. The fourth-order valence-electron chi connectivity index (χ4n) is 2.19. The summed E-state index contributed by atoms with van der Waals surface area (Å²) in [5.74, 6) is 0.221. The maximum Gasteiger partial charge on any atom is 0.250 e. The molecule has 18 heavy (non-hydrogen) atoms. The Morgan fingerprint density at radius 3 is 2.83 bits per heavy atom. The maximum absolute atomic E-state index is 11.9. The number of rotatable bonds is 4. The van der Waals surface area contributed by atoms with Gasteiger partial charge in [-0.25, -0.2) is 13.1 Å². The van der Waals surface area contributed by atoms with Crippen LogP contribution in [0.15, 0.2) is 16.3 Å². The molecule has 1 aliphatic carbocycles. The van der Waals surface area contributed by atoms with E-state index in [2.05, 4.69) is 4.72 Å². The van der Waals surface area contributed by atoms with E-state index in [1.54, 1.807) is 6.07 Å². The van der Waals surface area contributed by atoms with Crippen molar-refractivity contribution < 1.29 is 13.5 Å². The molecule has 0 saturated heterocycles. The Labute approximate surface area is 116 Å².